The van der Waals surface area contributed by atoms with Crippen molar-refractivity contribution < 1.29 is 9.64 Å². The SMILES string of the molecule is COc1ccccc1-n1c(-c2cccs2)nn(C[NH+]2CCC[C@@H](C)C2)c1=S. The maximum absolute atomic E-state index is 5.87. The van der Waals surface area contributed by atoms with Crippen LogP contribution in [0.3, 0.4) is 0 Å². The van der Waals surface area contributed by atoms with E-state index in [-0.39, 0.29) is 0 Å². The fourth-order valence-corrected chi connectivity index (χ4v) is 4.85. The number of nitrogens with zero attached hydrogens (tertiary/aromatic N) is 3. The summed E-state index contributed by atoms with van der Waals surface area (Å²) in [5.41, 5.74) is 0.932. The highest BCUT2D eigenvalue weighted by atomic mass is 32.1. The van der Waals surface area contributed by atoms with Crippen LogP contribution in [0.15, 0.2) is 41.8 Å². The van der Waals surface area contributed by atoms with Crippen molar-refractivity contribution in [2.75, 3.05) is 20.2 Å². The molecule has 1 N–H and O–H groups in total. The van der Waals surface area contributed by atoms with Gasteiger partial charge in [0.05, 0.1) is 30.8 Å². The number of benzene rings is 1. The molecule has 0 bridgehead atoms. The zero-order valence-electron chi connectivity index (χ0n) is 15.7. The van der Waals surface area contributed by atoms with Gasteiger partial charge in [0.1, 0.15) is 5.75 Å². The van der Waals surface area contributed by atoms with Gasteiger partial charge in [0.15, 0.2) is 12.5 Å². The maximum Gasteiger partial charge on any atom is 0.207 e. The monoisotopic (exact) mass is 401 g/mol. The van der Waals surface area contributed by atoms with Gasteiger partial charge in [-0.25, -0.2) is 0 Å². The Balaban J connectivity index is 1.80. The highest BCUT2D eigenvalue weighted by Gasteiger charge is 2.23. The normalized spacial score (nSPS) is 19.9. The summed E-state index contributed by atoms with van der Waals surface area (Å²) in [5, 5.41) is 7.00. The van der Waals surface area contributed by atoms with Gasteiger partial charge in [0.25, 0.3) is 0 Å². The number of thiophene rings is 1. The van der Waals surface area contributed by atoms with Gasteiger partial charge >= 0.3 is 0 Å². The van der Waals surface area contributed by atoms with Crippen molar-refractivity contribution in [3.05, 3.63) is 46.5 Å². The minimum absolute atomic E-state index is 0.716. The molecule has 4 rings (SSSR count). The maximum atomic E-state index is 5.87. The summed E-state index contributed by atoms with van der Waals surface area (Å²) in [4.78, 5) is 2.65. The van der Waals surface area contributed by atoms with Crippen LogP contribution >= 0.6 is 23.6 Å². The Morgan fingerprint density at radius 1 is 1.30 bits per heavy atom. The first-order valence-corrected chi connectivity index (χ1v) is 10.7. The van der Waals surface area contributed by atoms with Crippen LogP contribution in [0.25, 0.3) is 16.4 Å². The van der Waals surface area contributed by atoms with Crippen LogP contribution in [0.1, 0.15) is 19.8 Å². The first-order valence-electron chi connectivity index (χ1n) is 9.38. The topological polar surface area (TPSA) is 36.4 Å². The van der Waals surface area contributed by atoms with Crippen molar-refractivity contribution in [2.24, 2.45) is 5.92 Å². The number of quaternary nitrogens is 1. The van der Waals surface area contributed by atoms with Crippen molar-refractivity contribution in [3.8, 4) is 22.1 Å². The van der Waals surface area contributed by atoms with Gasteiger partial charge in [-0.05, 0) is 48.6 Å². The molecule has 1 aromatic carbocycles. The van der Waals surface area contributed by atoms with E-state index in [4.69, 9.17) is 22.1 Å². The quantitative estimate of drug-likeness (QED) is 0.666. The Hall–Kier alpha value is -1.96. The standard InChI is InChI=1S/C20H24N4OS2/c1-15-7-5-11-22(13-15)14-23-20(26)24(16-8-3-4-9-17(16)25-2)19(21-23)18-10-6-12-27-18/h3-4,6,8-10,12,15H,5,7,11,13-14H2,1-2H3/p+1/t15-/m1/s1. The van der Waals surface area contributed by atoms with Crippen LogP contribution in [-0.4, -0.2) is 34.5 Å². The number of hydrogen-bond donors (Lipinski definition) is 1. The molecule has 27 heavy (non-hydrogen) atoms. The average molecular weight is 402 g/mol. The highest BCUT2D eigenvalue weighted by molar-refractivity contribution is 7.71. The van der Waals surface area contributed by atoms with E-state index in [1.54, 1.807) is 23.3 Å². The summed E-state index contributed by atoms with van der Waals surface area (Å²) in [6.45, 7) is 5.51. The second-order valence-corrected chi connectivity index (χ2v) is 8.51. The molecule has 1 unspecified atom stereocenters. The summed E-state index contributed by atoms with van der Waals surface area (Å²) in [7, 11) is 1.69. The van der Waals surface area contributed by atoms with Crippen LogP contribution in [0.5, 0.6) is 5.75 Å². The number of hydrogen-bond acceptors (Lipinski definition) is 4. The summed E-state index contributed by atoms with van der Waals surface area (Å²) in [6.07, 6.45) is 2.60. The predicted octanol–water partition coefficient (Wildman–Crippen LogP) is 3.41. The van der Waals surface area contributed by atoms with E-state index in [1.807, 2.05) is 39.6 Å². The second-order valence-electron chi connectivity index (χ2n) is 7.20. The van der Waals surface area contributed by atoms with E-state index in [9.17, 15) is 0 Å². The Morgan fingerprint density at radius 3 is 2.89 bits per heavy atom. The van der Waals surface area contributed by atoms with Crippen molar-refractivity contribution in [1.82, 2.24) is 14.3 Å². The Bertz CT molecular complexity index is 961. The van der Waals surface area contributed by atoms with Gasteiger partial charge in [0.2, 0.25) is 4.77 Å². The summed E-state index contributed by atoms with van der Waals surface area (Å²) < 4.78 is 10.3. The number of rotatable bonds is 5. The number of aromatic nitrogens is 3. The molecule has 1 aliphatic heterocycles. The Kier molecular flexibility index (Phi) is 5.43. The van der Waals surface area contributed by atoms with Crippen molar-refractivity contribution in [3.63, 3.8) is 0 Å². The van der Waals surface area contributed by atoms with Gasteiger partial charge in [-0.3, -0.25) is 4.57 Å². The van der Waals surface area contributed by atoms with Crippen LogP contribution < -0.4 is 9.64 Å². The van der Waals surface area contributed by atoms with E-state index < -0.39 is 0 Å². The molecule has 3 aromatic rings. The average Bonchev–Trinajstić information content (AvgIpc) is 3.31. The lowest BCUT2D eigenvalue weighted by atomic mass is 10.0. The van der Waals surface area contributed by atoms with Crippen molar-refractivity contribution >= 4 is 23.6 Å². The molecule has 0 aliphatic carbocycles. The number of para-hydroxylation sites is 2. The number of nitrogens with one attached hydrogen (secondary N) is 1. The summed E-state index contributed by atoms with van der Waals surface area (Å²) >= 11 is 7.55. The summed E-state index contributed by atoms with van der Waals surface area (Å²) in [5.74, 6) is 2.44. The van der Waals surface area contributed by atoms with Crippen LogP contribution in [-0.2, 0) is 6.67 Å². The van der Waals surface area contributed by atoms with Gasteiger partial charge in [-0.15, -0.1) is 16.4 Å². The zero-order chi connectivity index (χ0) is 18.8. The predicted molar refractivity (Wildman–Crippen MR) is 111 cm³/mol. The van der Waals surface area contributed by atoms with E-state index in [2.05, 4.69) is 18.4 Å². The minimum atomic E-state index is 0.716. The molecular formula is C20H25N4OS2+. The van der Waals surface area contributed by atoms with Crippen molar-refractivity contribution in [1.29, 1.82) is 0 Å². The summed E-state index contributed by atoms with van der Waals surface area (Å²) in [6, 6.07) is 12.1. The van der Waals surface area contributed by atoms with E-state index in [0.717, 1.165) is 34.7 Å². The molecule has 7 heteroatoms. The lowest BCUT2D eigenvalue weighted by molar-refractivity contribution is -0.931. The highest BCUT2D eigenvalue weighted by Crippen LogP contribution is 2.30. The molecular weight excluding hydrogens is 376 g/mol. The molecule has 0 saturated carbocycles. The molecule has 5 nitrogen and oxygen atoms in total. The van der Waals surface area contributed by atoms with Crippen LogP contribution in [0, 0.1) is 10.7 Å². The van der Waals surface area contributed by atoms with E-state index in [1.165, 1.54) is 25.9 Å². The molecule has 2 aromatic heterocycles. The first-order chi connectivity index (χ1) is 13.2. The number of likely N-dealkylation sites (tertiary alicyclic amines) is 1. The van der Waals surface area contributed by atoms with Gasteiger partial charge in [-0.1, -0.05) is 25.1 Å². The largest absolute Gasteiger partial charge is 0.495 e. The third-order valence-corrected chi connectivity index (χ3v) is 6.40. The van der Waals surface area contributed by atoms with Gasteiger partial charge in [-0.2, -0.15) is 4.68 Å². The van der Waals surface area contributed by atoms with Crippen molar-refractivity contribution in [2.45, 2.75) is 26.4 Å². The number of methoxy groups -OCH3 is 1. The van der Waals surface area contributed by atoms with Gasteiger partial charge < -0.3 is 9.64 Å². The third kappa shape index (κ3) is 3.72. The molecule has 0 radical (unpaired) electrons. The van der Waals surface area contributed by atoms with Gasteiger partial charge in [0, 0.05) is 5.92 Å². The number of piperidine rings is 1. The molecule has 3 heterocycles. The minimum Gasteiger partial charge on any atom is -0.495 e. The number of ether oxygens (including phenoxy) is 1. The Morgan fingerprint density at radius 2 is 2.15 bits per heavy atom. The zero-order valence-corrected chi connectivity index (χ0v) is 17.4. The molecule has 1 fully saturated rings. The van der Waals surface area contributed by atoms with E-state index in [0.29, 0.717) is 4.77 Å². The second kappa shape index (κ2) is 7.96. The fraction of sp³-hybridized carbons (Fsp3) is 0.400. The third-order valence-electron chi connectivity index (χ3n) is 5.14. The Labute approximate surface area is 168 Å². The van der Waals surface area contributed by atoms with E-state index >= 15 is 0 Å². The molecule has 1 saturated heterocycles. The first kappa shape index (κ1) is 18.4. The molecule has 0 spiro atoms. The fourth-order valence-electron chi connectivity index (χ4n) is 3.86. The molecule has 1 aliphatic rings. The lowest BCUT2D eigenvalue weighted by Crippen LogP contribution is -3.12. The molecule has 0 amide bonds. The van der Waals surface area contributed by atoms with Crippen LogP contribution in [0.4, 0.5) is 0 Å². The lowest BCUT2D eigenvalue weighted by Gasteiger charge is -2.27. The van der Waals surface area contributed by atoms with Crippen LogP contribution in [0.2, 0.25) is 0 Å². The smallest absolute Gasteiger partial charge is 0.207 e. The molecule has 2 atom stereocenters. The molecule has 142 valence electrons.